The summed E-state index contributed by atoms with van der Waals surface area (Å²) in [6.07, 6.45) is 4.96. The average Bonchev–Trinajstić information content (AvgIpc) is 3.08. The summed E-state index contributed by atoms with van der Waals surface area (Å²) in [5.74, 6) is 0.610. The second kappa shape index (κ2) is 6.54. The molecule has 0 radical (unpaired) electrons. The zero-order valence-electron chi connectivity index (χ0n) is 16.8. The molecule has 2 aromatic carbocycles. The molecule has 1 aromatic heterocycles. The van der Waals surface area contributed by atoms with Crippen molar-refractivity contribution in [1.82, 2.24) is 0 Å². The predicted octanol–water partition coefficient (Wildman–Crippen LogP) is 5.95. The van der Waals surface area contributed by atoms with Crippen LogP contribution in [0.2, 0.25) is 0 Å². The molecule has 26 heavy (non-hydrogen) atoms. The molecule has 1 aliphatic rings. The zero-order chi connectivity index (χ0) is 18.4. The Morgan fingerprint density at radius 1 is 1.00 bits per heavy atom. The first-order valence-corrected chi connectivity index (χ1v) is 10.1. The van der Waals surface area contributed by atoms with Gasteiger partial charge in [-0.05, 0) is 78.3 Å². The molecule has 0 spiro atoms. The van der Waals surface area contributed by atoms with Gasteiger partial charge in [-0.15, -0.1) is 0 Å². The van der Waals surface area contributed by atoms with Gasteiger partial charge in [-0.3, -0.25) is 0 Å². The molecule has 0 bridgehead atoms. The summed E-state index contributed by atoms with van der Waals surface area (Å²) in [4.78, 5) is 0. The maximum Gasteiger partial charge on any atom is 0.220 e. The fourth-order valence-corrected chi connectivity index (χ4v) is 4.47. The second-order valence-electron chi connectivity index (χ2n) is 8.14. The number of nitrogens with zero attached hydrogens (tertiary/aromatic N) is 1. The van der Waals surface area contributed by atoms with Crippen molar-refractivity contribution >= 4 is 10.8 Å². The summed E-state index contributed by atoms with van der Waals surface area (Å²) in [6.45, 7) is 9.09. The van der Waals surface area contributed by atoms with Gasteiger partial charge in [0.15, 0.2) is 5.69 Å². The van der Waals surface area contributed by atoms with E-state index < -0.39 is 0 Å². The number of rotatable bonds is 3. The van der Waals surface area contributed by atoms with Gasteiger partial charge in [0.05, 0.1) is 10.9 Å². The van der Waals surface area contributed by atoms with Gasteiger partial charge < -0.3 is 0 Å². The van der Waals surface area contributed by atoms with Crippen LogP contribution in [0.3, 0.4) is 0 Å². The average molecular weight is 345 g/mol. The van der Waals surface area contributed by atoms with Crippen molar-refractivity contribution in [2.75, 3.05) is 0 Å². The van der Waals surface area contributed by atoms with Crippen LogP contribution in [0.4, 0.5) is 0 Å². The van der Waals surface area contributed by atoms with Crippen LogP contribution in [0.1, 0.15) is 60.6 Å². The van der Waals surface area contributed by atoms with Crippen LogP contribution in [-0.2, 0) is 19.9 Å². The van der Waals surface area contributed by atoms with Crippen LogP contribution in [0.25, 0.3) is 22.0 Å². The quantitative estimate of drug-likeness (QED) is 0.517. The summed E-state index contributed by atoms with van der Waals surface area (Å²) in [6, 6.07) is 14.3. The molecule has 1 atom stereocenters. The zero-order valence-corrected chi connectivity index (χ0v) is 16.8. The smallest absolute Gasteiger partial charge is 0.198 e. The lowest BCUT2D eigenvalue weighted by Gasteiger charge is -2.14. The molecule has 0 N–H and O–H groups in total. The molecule has 0 saturated heterocycles. The fraction of sp³-hybridized carbons (Fsp3) is 0.400. The number of hydrogen-bond acceptors (Lipinski definition) is 0. The summed E-state index contributed by atoms with van der Waals surface area (Å²) < 4.78 is 2.37. The lowest BCUT2D eigenvalue weighted by Crippen LogP contribution is -2.35. The Kier molecular flexibility index (Phi) is 4.34. The van der Waals surface area contributed by atoms with Crippen LogP contribution in [-0.4, -0.2) is 0 Å². The molecule has 134 valence electrons. The SMILES string of the molecule is CCC(C)c1ccc2c(-c3cc4c(cc3C)CCC4)[n+](C)c(C)cc2c1. The molecule has 3 aromatic rings. The van der Waals surface area contributed by atoms with E-state index in [1.54, 1.807) is 11.1 Å². The lowest BCUT2D eigenvalue weighted by molar-refractivity contribution is -0.665. The van der Waals surface area contributed by atoms with E-state index in [1.807, 2.05) is 0 Å². The van der Waals surface area contributed by atoms with Crippen molar-refractivity contribution in [3.8, 4) is 11.3 Å². The summed E-state index contributed by atoms with van der Waals surface area (Å²) in [7, 11) is 2.21. The minimum atomic E-state index is 0.610. The molecule has 4 rings (SSSR count). The van der Waals surface area contributed by atoms with E-state index in [2.05, 4.69) is 75.7 Å². The van der Waals surface area contributed by atoms with Crippen LogP contribution in [0, 0.1) is 13.8 Å². The highest BCUT2D eigenvalue weighted by Gasteiger charge is 2.22. The first-order chi connectivity index (χ1) is 12.5. The Bertz CT molecular complexity index is 997. The number of pyridine rings is 1. The number of benzene rings is 2. The number of hydrogen-bond donors (Lipinski definition) is 0. The van der Waals surface area contributed by atoms with Crippen molar-refractivity contribution in [2.45, 2.75) is 59.3 Å². The molecule has 1 heteroatoms. The van der Waals surface area contributed by atoms with Gasteiger partial charge in [0.25, 0.3) is 0 Å². The summed E-state index contributed by atoms with van der Waals surface area (Å²) in [5.41, 5.74) is 10.0. The third kappa shape index (κ3) is 2.74. The van der Waals surface area contributed by atoms with Crippen LogP contribution in [0.15, 0.2) is 36.4 Å². The molecule has 0 saturated carbocycles. The van der Waals surface area contributed by atoms with Crippen molar-refractivity contribution in [3.05, 3.63) is 64.3 Å². The largest absolute Gasteiger partial charge is 0.220 e. The van der Waals surface area contributed by atoms with Gasteiger partial charge in [0, 0.05) is 13.0 Å². The third-order valence-electron chi connectivity index (χ3n) is 6.43. The Hall–Kier alpha value is -2.15. The maximum atomic E-state index is 2.47. The molecule has 1 heterocycles. The third-order valence-corrected chi connectivity index (χ3v) is 6.43. The van der Waals surface area contributed by atoms with Gasteiger partial charge in [0.1, 0.15) is 7.05 Å². The highest BCUT2D eigenvalue weighted by Crippen LogP contribution is 2.34. The standard InChI is InChI=1S/C25H30N/c1-6-16(2)19-10-11-23-22(14-19)13-18(4)26(5)25(23)24-15-21-9-7-8-20(21)12-17(24)3/h10-16H,6-9H2,1-5H3/q+1. The van der Waals surface area contributed by atoms with Crippen LogP contribution < -0.4 is 4.57 Å². The summed E-state index contributed by atoms with van der Waals surface area (Å²) in [5, 5.41) is 2.74. The molecule has 1 unspecified atom stereocenters. The Labute approximate surface area is 157 Å². The van der Waals surface area contributed by atoms with E-state index in [0.29, 0.717) is 5.92 Å². The molecule has 1 nitrogen and oxygen atoms in total. The van der Waals surface area contributed by atoms with E-state index in [0.717, 1.165) is 0 Å². The molecule has 0 aliphatic heterocycles. The van der Waals surface area contributed by atoms with E-state index >= 15 is 0 Å². The number of aryl methyl sites for hydroxylation is 4. The van der Waals surface area contributed by atoms with E-state index in [1.165, 1.54) is 64.5 Å². The van der Waals surface area contributed by atoms with Gasteiger partial charge >= 0.3 is 0 Å². The Morgan fingerprint density at radius 2 is 1.73 bits per heavy atom. The number of aromatic nitrogens is 1. The first kappa shape index (κ1) is 17.3. The molecular formula is C25H30N+. The first-order valence-electron chi connectivity index (χ1n) is 10.1. The minimum absolute atomic E-state index is 0.610. The predicted molar refractivity (Wildman–Crippen MR) is 111 cm³/mol. The van der Waals surface area contributed by atoms with Crippen molar-refractivity contribution in [2.24, 2.45) is 7.05 Å². The highest BCUT2D eigenvalue weighted by atomic mass is 14.9. The number of fused-ring (bicyclic) bond motifs is 2. The van der Waals surface area contributed by atoms with Crippen molar-refractivity contribution < 1.29 is 4.57 Å². The molecule has 0 fully saturated rings. The topological polar surface area (TPSA) is 3.88 Å². The second-order valence-corrected chi connectivity index (χ2v) is 8.14. The maximum absolute atomic E-state index is 2.47. The van der Waals surface area contributed by atoms with E-state index in [4.69, 9.17) is 0 Å². The Morgan fingerprint density at radius 3 is 2.46 bits per heavy atom. The highest BCUT2D eigenvalue weighted by molar-refractivity contribution is 5.94. The van der Waals surface area contributed by atoms with Gasteiger partial charge in [-0.1, -0.05) is 32.0 Å². The normalized spacial score (nSPS) is 14.7. The molecule has 1 aliphatic carbocycles. The summed E-state index contributed by atoms with van der Waals surface area (Å²) >= 11 is 0. The van der Waals surface area contributed by atoms with E-state index in [9.17, 15) is 0 Å². The van der Waals surface area contributed by atoms with Crippen LogP contribution >= 0.6 is 0 Å². The Balaban J connectivity index is 1.99. The van der Waals surface area contributed by atoms with Crippen molar-refractivity contribution in [3.63, 3.8) is 0 Å². The fourth-order valence-electron chi connectivity index (χ4n) is 4.47. The minimum Gasteiger partial charge on any atom is -0.198 e. The molecular weight excluding hydrogens is 314 g/mol. The van der Waals surface area contributed by atoms with Gasteiger partial charge in [-0.2, -0.15) is 4.57 Å². The van der Waals surface area contributed by atoms with Crippen molar-refractivity contribution in [1.29, 1.82) is 0 Å². The molecule has 0 amide bonds. The monoisotopic (exact) mass is 344 g/mol. The van der Waals surface area contributed by atoms with Gasteiger partial charge in [0.2, 0.25) is 5.69 Å². The van der Waals surface area contributed by atoms with Crippen LogP contribution in [0.5, 0.6) is 0 Å². The lowest BCUT2D eigenvalue weighted by atomic mass is 9.92. The van der Waals surface area contributed by atoms with E-state index in [-0.39, 0.29) is 0 Å². The van der Waals surface area contributed by atoms with Gasteiger partial charge in [-0.25, -0.2) is 0 Å².